The summed E-state index contributed by atoms with van der Waals surface area (Å²) < 4.78 is 3.18. The summed E-state index contributed by atoms with van der Waals surface area (Å²) in [7, 11) is 0. The van der Waals surface area contributed by atoms with E-state index in [0.717, 1.165) is 51.1 Å². The molecule has 1 aliphatic rings. The molecule has 0 saturated carbocycles. The van der Waals surface area contributed by atoms with Gasteiger partial charge in [0.2, 0.25) is 0 Å². The van der Waals surface area contributed by atoms with Gasteiger partial charge in [-0.25, -0.2) is 0 Å². The minimum Gasteiger partial charge on any atom is -0.273 e. The van der Waals surface area contributed by atoms with Crippen molar-refractivity contribution in [1.82, 2.24) is 19.7 Å². The first kappa shape index (κ1) is 17.1. The Morgan fingerprint density at radius 3 is 2.54 bits per heavy atom. The minimum atomic E-state index is 0.816. The first-order chi connectivity index (χ1) is 13.8. The summed E-state index contributed by atoms with van der Waals surface area (Å²) in [6.07, 6.45) is 10.2. The number of fused-ring (bicyclic) bond motifs is 1. The zero-order chi connectivity index (χ0) is 18.9. The van der Waals surface area contributed by atoms with Gasteiger partial charge in [0.1, 0.15) is 0 Å². The van der Waals surface area contributed by atoms with Gasteiger partial charge in [0, 0.05) is 21.6 Å². The van der Waals surface area contributed by atoms with Crippen LogP contribution in [0, 0.1) is 0 Å². The predicted molar refractivity (Wildman–Crippen MR) is 116 cm³/mol. The summed E-state index contributed by atoms with van der Waals surface area (Å²) in [5.41, 5.74) is 4.14. The molecule has 0 amide bonds. The lowest BCUT2D eigenvalue weighted by Crippen LogP contribution is -2.05. The van der Waals surface area contributed by atoms with Gasteiger partial charge in [-0.05, 0) is 42.7 Å². The zero-order valence-electron chi connectivity index (χ0n) is 15.1. The van der Waals surface area contributed by atoms with Crippen LogP contribution in [0.2, 0.25) is 0 Å². The Morgan fingerprint density at radius 1 is 0.893 bits per heavy atom. The summed E-state index contributed by atoms with van der Waals surface area (Å²) in [4.78, 5) is 4.65. The normalized spacial score (nSPS) is 13.7. The maximum atomic E-state index is 4.65. The molecule has 28 heavy (non-hydrogen) atoms. The van der Waals surface area contributed by atoms with Crippen LogP contribution < -0.4 is 0 Å². The van der Waals surface area contributed by atoms with Crippen molar-refractivity contribution in [2.24, 2.45) is 0 Å². The highest BCUT2D eigenvalue weighted by molar-refractivity contribution is 9.10. The topological polar surface area (TPSA) is 43.6 Å². The molecule has 1 aliphatic carbocycles. The molecule has 0 radical (unpaired) electrons. The fraction of sp³-hybridized carbons (Fsp3) is 0.0870. The van der Waals surface area contributed by atoms with Gasteiger partial charge in [0.05, 0.1) is 11.2 Å². The quantitative estimate of drug-likeness (QED) is 0.403. The smallest absolute Gasteiger partial charge is 0.168 e. The number of halogens is 1. The lowest BCUT2D eigenvalue weighted by Gasteiger charge is -2.15. The molecule has 0 fully saturated rings. The van der Waals surface area contributed by atoms with Crippen LogP contribution in [-0.4, -0.2) is 19.7 Å². The Kier molecular flexibility index (Phi) is 4.37. The Hall–Kier alpha value is -3.05. The van der Waals surface area contributed by atoms with Crippen LogP contribution >= 0.6 is 15.9 Å². The van der Waals surface area contributed by atoms with E-state index in [1.807, 2.05) is 24.4 Å². The third-order valence-corrected chi connectivity index (χ3v) is 5.45. The second kappa shape index (κ2) is 7.17. The van der Waals surface area contributed by atoms with E-state index >= 15 is 0 Å². The van der Waals surface area contributed by atoms with E-state index in [-0.39, 0.29) is 0 Å². The number of hydrogen-bond donors (Lipinski definition) is 0. The molecule has 4 nitrogen and oxygen atoms in total. The van der Waals surface area contributed by atoms with Crippen molar-refractivity contribution in [2.75, 3.05) is 0 Å². The molecule has 0 saturated heterocycles. The van der Waals surface area contributed by atoms with Crippen LogP contribution in [0.15, 0.2) is 83.5 Å². The van der Waals surface area contributed by atoms with Gasteiger partial charge in [-0.15, -0.1) is 10.2 Å². The van der Waals surface area contributed by atoms with E-state index in [1.165, 1.54) is 5.57 Å². The van der Waals surface area contributed by atoms with E-state index in [4.69, 9.17) is 0 Å². The van der Waals surface area contributed by atoms with Gasteiger partial charge < -0.3 is 0 Å². The van der Waals surface area contributed by atoms with E-state index in [2.05, 4.69) is 90.3 Å². The lowest BCUT2D eigenvalue weighted by atomic mass is 10.0. The minimum absolute atomic E-state index is 0.816. The molecular weight excluding hydrogens is 412 g/mol. The first-order valence-electron chi connectivity index (χ1n) is 9.23. The molecule has 0 spiro atoms. The number of nitrogens with zero attached hydrogens (tertiary/aromatic N) is 4. The summed E-state index contributed by atoms with van der Waals surface area (Å²) in [6, 6.07) is 18.4. The number of rotatable bonds is 3. The Morgan fingerprint density at radius 2 is 1.71 bits per heavy atom. The SMILES string of the molecule is Brc1ccc(-c2nnc(C3=CC=CCC3)n2-c2cccc3cccnc23)cc1. The third-order valence-electron chi connectivity index (χ3n) is 4.92. The van der Waals surface area contributed by atoms with Crippen molar-refractivity contribution < 1.29 is 0 Å². The van der Waals surface area contributed by atoms with Crippen LogP contribution in [-0.2, 0) is 0 Å². The van der Waals surface area contributed by atoms with Crippen molar-refractivity contribution >= 4 is 32.4 Å². The van der Waals surface area contributed by atoms with E-state index < -0.39 is 0 Å². The average molecular weight is 429 g/mol. The third kappa shape index (κ3) is 2.98. The summed E-state index contributed by atoms with van der Waals surface area (Å²) >= 11 is 3.51. The zero-order valence-corrected chi connectivity index (χ0v) is 16.7. The van der Waals surface area contributed by atoms with Gasteiger partial charge >= 0.3 is 0 Å². The molecule has 0 atom stereocenters. The molecule has 2 aromatic carbocycles. The van der Waals surface area contributed by atoms with Gasteiger partial charge in [-0.3, -0.25) is 9.55 Å². The second-order valence-electron chi connectivity index (χ2n) is 6.70. The molecule has 2 heterocycles. The van der Waals surface area contributed by atoms with E-state index in [0.29, 0.717) is 0 Å². The number of benzene rings is 2. The largest absolute Gasteiger partial charge is 0.273 e. The molecule has 2 aromatic heterocycles. The van der Waals surface area contributed by atoms with Gasteiger partial charge in [0.15, 0.2) is 11.6 Å². The van der Waals surface area contributed by atoms with Crippen LogP contribution in [0.4, 0.5) is 0 Å². The van der Waals surface area contributed by atoms with Gasteiger partial charge in [0.25, 0.3) is 0 Å². The molecule has 5 heteroatoms. The van der Waals surface area contributed by atoms with E-state index in [1.54, 1.807) is 0 Å². The fourth-order valence-corrected chi connectivity index (χ4v) is 3.83. The van der Waals surface area contributed by atoms with E-state index in [9.17, 15) is 0 Å². The van der Waals surface area contributed by atoms with Crippen LogP contribution in [0.3, 0.4) is 0 Å². The predicted octanol–water partition coefficient (Wildman–Crippen LogP) is 5.98. The monoisotopic (exact) mass is 428 g/mol. The molecule has 0 unspecified atom stereocenters. The highest BCUT2D eigenvalue weighted by Gasteiger charge is 2.20. The van der Waals surface area contributed by atoms with Crippen LogP contribution in [0.25, 0.3) is 33.6 Å². The Balaban J connectivity index is 1.80. The fourth-order valence-electron chi connectivity index (χ4n) is 3.56. The van der Waals surface area contributed by atoms with Crippen LogP contribution in [0.5, 0.6) is 0 Å². The standard InChI is InChI=1S/C23H17BrN4/c24-19-13-11-18(12-14-19)23-27-26-22(17-6-2-1-3-7-17)28(23)20-10-4-8-16-9-5-15-25-21(16)20/h1-2,4-6,8-15H,3,7H2. The van der Waals surface area contributed by atoms with Crippen molar-refractivity contribution in [3.63, 3.8) is 0 Å². The second-order valence-corrected chi connectivity index (χ2v) is 7.62. The average Bonchev–Trinajstić information content (AvgIpc) is 3.19. The van der Waals surface area contributed by atoms with Crippen molar-refractivity contribution in [3.05, 3.63) is 89.3 Å². The maximum Gasteiger partial charge on any atom is 0.168 e. The molecule has 5 rings (SSSR count). The highest BCUT2D eigenvalue weighted by Crippen LogP contribution is 2.32. The summed E-state index contributed by atoms with van der Waals surface area (Å²) in [6.45, 7) is 0. The summed E-state index contributed by atoms with van der Waals surface area (Å²) in [5.74, 6) is 1.69. The number of para-hydroxylation sites is 1. The molecule has 0 aliphatic heterocycles. The van der Waals surface area contributed by atoms with Crippen molar-refractivity contribution in [3.8, 4) is 17.1 Å². The number of hydrogen-bond acceptors (Lipinski definition) is 3. The Bertz CT molecular complexity index is 1210. The Labute approximate surface area is 171 Å². The first-order valence-corrected chi connectivity index (χ1v) is 10.0. The van der Waals surface area contributed by atoms with Crippen molar-refractivity contribution in [2.45, 2.75) is 12.8 Å². The molecule has 0 bridgehead atoms. The van der Waals surface area contributed by atoms with Gasteiger partial charge in [-0.2, -0.15) is 0 Å². The highest BCUT2D eigenvalue weighted by atomic mass is 79.9. The van der Waals surface area contributed by atoms with Gasteiger partial charge in [-0.1, -0.05) is 64.5 Å². The summed E-state index contributed by atoms with van der Waals surface area (Å²) in [5, 5.41) is 10.3. The number of pyridine rings is 1. The number of aromatic nitrogens is 4. The molecule has 4 aromatic rings. The van der Waals surface area contributed by atoms with Crippen molar-refractivity contribution in [1.29, 1.82) is 0 Å². The van der Waals surface area contributed by atoms with Crippen LogP contribution in [0.1, 0.15) is 18.7 Å². The lowest BCUT2D eigenvalue weighted by molar-refractivity contribution is 0.966. The molecule has 136 valence electrons. The number of allylic oxidation sites excluding steroid dienone is 4. The maximum absolute atomic E-state index is 4.65. The molecule has 0 N–H and O–H groups in total. The molecular formula is C23H17BrN4.